The van der Waals surface area contributed by atoms with Crippen molar-refractivity contribution in [2.75, 3.05) is 7.05 Å². The number of terminal acetylenes is 1. The first-order valence-corrected chi connectivity index (χ1v) is 8.25. The Hall–Kier alpha value is -3.02. The molecule has 0 fully saturated rings. The molecule has 3 rings (SSSR count). The minimum absolute atomic E-state index is 0.0151. The highest BCUT2D eigenvalue weighted by atomic mass is 32.1. The number of thiophene rings is 1. The highest BCUT2D eigenvalue weighted by Crippen LogP contribution is 2.36. The molecule has 0 spiro atoms. The normalized spacial score (nSPS) is 17.1. The highest BCUT2D eigenvalue weighted by molar-refractivity contribution is 7.10. The van der Waals surface area contributed by atoms with Gasteiger partial charge in [0.25, 0.3) is 0 Å². The van der Waals surface area contributed by atoms with Gasteiger partial charge in [0.15, 0.2) is 5.96 Å². The van der Waals surface area contributed by atoms with Crippen LogP contribution < -0.4 is 5.73 Å². The van der Waals surface area contributed by atoms with Gasteiger partial charge in [-0.05, 0) is 40.8 Å². The molecule has 4 nitrogen and oxygen atoms in total. The van der Waals surface area contributed by atoms with Crippen LogP contribution in [0.3, 0.4) is 0 Å². The van der Waals surface area contributed by atoms with Gasteiger partial charge in [0, 0.05) is 29.6 Å². The Morgan fingerprint density at radius 2 is 2.08 bits per heavy atom. The molecule has 5 heteroatoms. The number of hydrogen-bond acceptors (Lipinski definition) is 5. The van der Waals surface area contributed by atoms with Crippen molar-refractivity contribution >= 4 is 17.3 Å². The van der Waals surface area contributed by atoms with Crippen molar-refractivity contribution in [3.05, 3.63) is 57.9 Å². The lowest BCUT2D eigenvalue weighted by Gasteiger charge is -2.28. The SMILES string of the molecule is C#Cc1cc(C#N)cc(-c2csc(C3CC(=C)N(C)C(N)=N3)c2)c1. The number of nitrogens with two attached hydrogens (primary N) is 1. The number of nitriles is 1. The Bertz CT molecular complexity index is 891. The molecule has 0 saturated carbocycles. The lowest BCUT2D eigenvalue weighted by Crippen LogP contribution is -2.36. The van der Waals surface area contributed by atoms with E-state index in [0.717, 1.165) is 28.1 Å². The maximum atomic E-state index is 9.16. The molecular formula is C19H16N4S. The Kier molecular flexibility index (Phi) is 4.12. The van der Waals surface area contributed by atoms with Crippen LogP contribution in [-0.2, 0) is 0 Å². The van der Waals surface area contributed by atoms with Gasteiger partial charge < -0.3 is 10.6 Å². The average molecular weight is 332 g/mol. The second kappa shape index (κ2) is 6.23. The van der Waals surface area contributed by atoms with E-state index in [1.807, 2.05) is 19.2 Å². The van der Waals surface area contributed by atoms with Crippen LogP contribution in [-0.4, -0.2) is 17.9 Å². The number of nitrogens with zero attached hydrogens (tertiary/aromatic N) is 3. The van der Waals surface area contributed by atoms with Crippen LogP contribution in [0.15, 0.2) is 46.9 Å². The number of hydrogen-bond donors (Lipinski definition) is 1. The van der Waals surface area contributed by atoms with Gasteiger partial charge in [0.2, 0.25) is 0 Å². The molecule has 0 radical (unpaired) electrons. The summed E-state index contributed by atoms with van der Waals surface area (Å²) >= 11 is 1.63. The van der Waals surface area contributed by atoms with Crippen LogP contribution in [0.25, 0.3) is 11.1 Å². The first kappa shape index (κ1) is 15.9. The molecule has 118 valence electrons. The van der Waals surface area contributed by atoms with Gasteiger partial charge in [0.05, 0.1) is 17.7 Å². The van der Waals surface area contributed by atoms with Gasteiger partial charge in [-0.25, -0.2) is 4.99 Å². The van der Waals surface area contributed by atoms with E-state index in [-0.39, 0.29) is 6.04 Å². The fraction of sp³-hybridized carbons (Fsp3) is 0.158. The maximum Gasteiger partial charge on any atom is 0.195 e. The average Bonchev–Trinajstić information content (AvgIpc) is 3.08. The Morgan fingerprint density at radius 3 is 2.75 bits per heavy atom. The summed E-state index contributed by atoms with van der Waals surface area (Å²) < 4.78 is 0. The zero-order chi connectivity index (χ0) is 17.3. The molecule has 2 N–H and O–H groups in total. The molecule has 2 heterocycles. The monoisotopic (exact) mass is 332 g/mol. The lowest BCUT2D eigenvalue weighted by atomic mass is 10.0. The molecule has 1 aliphatic heterocycles. The third-order valence-electron chi connectivity index (χ3n) is 4.05. The van der Waals surface area contributed by atoms with Crippen molar-refractivity contribution in [3.8, 4) is 29.5 Å². The first-order valence-electron chi connectivity index (χ1n) is 7.37. The van der Waals surface area contributed by atoms with E-state index in [2.05, 4.69) is 35.0 Å². The van der Waals surface area contributed by atoms with E-state index in [4.69, 9.17) is 17.4 Å². The molecule has 1 unspecified atom stereocenters. The summed E-state index contributed by atoms with van der Waals surface area (Å²) in [6, 6.07) is 9.69. The Morgan fingerprint density at radius 1 is 1.33 bits per heavy atom. The topological polar surface area (TPSA) is 65.4 Å². The summed E-state index contributed by atoms with van der Waals surface area (Å²) in [5, 5.41) is 11.2. The van der Waals surface area contributed by atoms with Gasteiger partial charge in [-0.15, -0.1) is 17.8 Å². The minimum atomic E-state index is -0.0151. The fourth-order valence-electron chi connectivity index (χ4n) is 2.60. The van der Waals surface area contributed by atoms with Crippen molar-refractivity contribution in [3.63, 3.8) is 0 Å². The maximum absolute atomic E-state index is 9.16. The summed E-state index contributed by atoms with van der Waals surface area (Å²) in [6.45, 7) is 4.04. The predicted octanol–water partition coefficient (Wildman–Crippen LogP) is 3.47. The molecule has 0 amide bonds. The van der Waals surface area contributed by atoms with Crippen LogP contribution >= 0.6 is 11.3 Å². The van der Waals surface area contributed by atoms with Crippen LogP contribution in [0, 0.1) is 23.7 Å². The standard InChI is InChI=1S/C19H16N4S/c1-4-13-6-14(10-20)8-15(7-13)16-9-18(24-11-16)17-5-12(2)23(3)19(21)22-17/h1,6-9,11,17H,2,5H2,3H3,(H2,21,22). The van der Waals surface area contributed by atoms with Crippen molar-refractivity contribution in [1.82, 2.24) is 4.90 Å². The number of guanidine groups is 1. The Labute approximate surface area is 145 Å². The van der Waals surface area contributed by atoms with Crippen LogP contribution in [0.1, 0.15) is 28.5 Å². The second-order valence-corrected chi connectivity index (χ2v) is 6.57. The van der Waals surface area contributed by atoms with Crippen LogP contribution in [0.4, 0.5) is 0 Å². The van der Waals surface area contributed by atoms with Crippen molar-refractivity contribution in [2.45, 2.75) is 12.5 Å². The summed E-state index contributed by atoms with van der Waals surface area (Å²) in [5.74, 6) is 3.07. The number of aliphatic imine (C=N–C) groups is 1. The quantitative estimate of drug-likeness (QED) is 0.856. The van der Waals surface area contributed by atoms with E-state index in [1.54, 1.807) is 22.3 Å². The van der Waals surface area contributed by atoms with Gasteiger partial charge in [-0.2, -0.15) is 5.26 Å². The van der Waals surface area contributed by atoms with E-state index in [0.29, 0.717) is 17.1 Å². The lowest BCUT2D eigenvalue weighted by molar-refractivity contribution is 0.508. The van der Waals surface area contributed by atoms with Crippen LogP contribution in [0.2, 0.25) is 0 Å². The summed E-state index contributed by atoms with van der Waals surface area (Å²) in [6.07, 6.45) is 6.22. The van der Waals surface area contributed by atoms with Crippen molar-refractivity contribution in [2.24, 2.45) is 10.7 Å². The number of rotatable bonds is 2. The zero-order valence-corrected chi connectivity index (χ0v) is 14.1. The molecule has 1 aliphatic rings. The molecule has 0 bridgehead atoms. The van der Waals surface area contributed by atoms with Gasteiger partial charge in [0.1, 0.15) is 0 Å². The molecule has 1 aromatic heterocycles. The Balaban J connectivity index is 1.96. The summed E-state index contributed by atoms with van der Waals surface area (Å²) in [5.41, 5.74) is 10.1. The van der Waals surface area contributed by atoms with Gasteiger partial charge >= 0.3 is 0 Å². The van der Waals surface area contributed by atoms with Crippen LogP contribution in [0.5, 0.6) is 0 Å². The highest BCUT2D eigenvalue weighted by Gasteiger charge is 2.23. The molecular weight excluding hydrogens is 316 g/mol. The van der Waals surface area contributed by atoms with E-state index >= 15 is 0 Å². The van der Waals surface area contributed by atoms with E-state index in [1.165, 1.54) is 0 Å². The molecule has 1 atom stereocenters. The minimum Gasteiger partial charge on any atom is -0.370 e. The van der Waals surface area contributed by atoms with E-state index in [9.17, 15) is 0 Å². The largest absolute Gasteiger partial charge is 0.370 e. The third-order valence-corrected chi connectivity index (χ3v) is 5.08. The smallest absolute Gasteiger partial charge is 0.195 e. The molecule has 0 saturated heterocycles. The fourth-order valence-corrected chi connectivity index (χ4v) is 3.55. The van der Waals surface area contributed by atoms with Crippen molar-refractivity contribution in [1.29, 1.82) is 5.26 Å². The van der Waals surface area contributed by atoms with Gasteiger partial charge in [-0.3, -0.25) is 0 Å². The molecule has 2 aromatic rings. The van der Waals surface area contributed by atoms with Gasteiger partial charge in [-0.1, -0.05) is 12.5 Å². The molecule has 1 aromatic carbocycles. The third kappa shape index (κ3) is 2.90. The summed E-state index contributed by atoms with van der Waals surface area (Å²) in [7, 11) is 1.87. The first-order chi connectivity index (χ1) is 11.5. The zero-order valence-electron chi connectivity index (χ0n) is 13.3. The second-order valence-electron chi connectivity index (χ2n) is 5.63. The van der Waals surface area contributed by atoms with E-state index < -0.39 is 0 Å². The predicted molar refractivity (Wildman–Crippen MR) is 98.3 cm³/mol. The van der Waals surface area contributed by atoms with Crippen molar-refractivity contribution < 1.29 is 0 Å². The number of benzene rings is 1. The molecule has 0 aliphatic carbocycles. The molecule has 24 heavy (non-hydrogen) atoms. The summed E-state index contributed by atoms with van der Waals surface area (Å²) in [4.78, 5) is 7.47.